The highest BCUT2D eigenvalue weighted by Crippen LogP contribution is 2.20. The molecule has 2 rings (SSSR count). The topological polar surface area (TPSA) is 101 Å². The van der Waals surface area contributed by atoms with E-state index in [9.17, 15) is 8.42 Å². The molecule has 1 aromatic carbocycles. The molecular weight excluding hydrogens is 308 g/mol. The Kier molecular flexibility index (Phi) is 4.71. The van der Waals surface area contributed by atoms with Gasteiger partial charge in [-0.1, -0.05) is 37.3 Å². The Hall–Kier alpha value is -1.77. The molecule has 0 radical (unpaired) electrons. The van der Waals surface area contributed by atoms with E-state index in [-0.39, 0.29) is 9.88 Å². The smallest absolute Gasteiger partial charge is 0.241 e. The summed E-state index contributed by atoms with van der Waals surface area (Å²) in [5.74, 6) is 0.564. The van der Waals surface area contributed by atoms with Gasteiger partial charge in [0, 0.05) is 18.0 Å². The van der Waals surface area contributed by atoms with E-state index in [1.54, 1.807) is 30.6 Å². The van der Waals surface area contributed by atoms with Gasteiger partial charge in [0.05, 0.1) is 10.9 Å². The summed E-state index contributed by atoms with van der Waals surface area (Å²) in [6, 6.07) is 5.95. The Morgan fingerprint density at radius 3 is 2.76 bits per heavy atom. The molecule has 1 aromatic heterocycles. The van der Waals surface area contributed by atoms with Crippen molar-refractivity contribution in [2.75, 3.05) is 0 Å². The highest BCUT2D eigenvalue weighted by atomic mass is 32.2. The Labute approximate surface area is 128 Å². The van der Waals surface area contributed by atoms with Gasteiger partial charge in [-0.25, -0.2) is 18.1 Å². The average molecular weight is 324 g/mol. The van der Waals surface area contributed by atoms with Crippen LogP contribution in [0.4, 0.5) is 0 Å². The number of nitrogens with one attached hydrogen (secondary N) is 2. The summed E-state index contributed by atoms with van der Waals surface area (Å²) in [5, 5.41) is 0. The fraction of sp³-hybridized carbons (Fsp3) is 0.231. The van der Waals surface area contributed by atoms with E-state index in [4.69, 9.17) is 18.0 Å². The van der Waals surface area contributed by atoms with Crippen LogP contribution in [0.3, 0.4) is 0 Å². The quantitative estimate of drug-likeness (QED) is 0.699. The van der Waals surface area contributed by atoms with Crippen LogP contribution in [0, 0.1) is 0 Å². The fourth-order valence-corrected chi connectivity index (χ4v) is 3.70. The van der Waals surface area contributed by atoms with Gasteiger partial charge in [0.25, 0.3) is 0 Å². The standard InChI is InChI=1S/C13H16N4O2S2/c1-2-10(13-15-7-8-16-13)17-21(18,19)11-6-4-3-5-9(11)12(14)20/h3-8,10,17H,2H2,1H3,(H2,14,20)(H,15,16). The van der Waals surface area contributed by atoms with E-state index >= 15 is 0 Å². The molecule has 6 nitrogen and oxygen atoms in total. The van der Waals surface area contributed by atoms with Crippen LogP contribution in [0.2, 0.25) is 0 Å². The minimum atomic E-state index is -3.75. The molecule has 0 aliphatic rings. The normalized spacial score (nSPS) is 13.0. The molecule has 21 heavy (non-hydrogen) atoms. The fourth-order valence-electron chi connectivity index (χ4n) is 1.96. The Morgan fingerprint density at radius 1 is 1.48 bits per heavy atom. The van der Waals surface area contributed by atoms with Gasteiger partial charge in [-0.15, -0.1) is 0 Å². The lowest BCUT2D eigenvalue weighted by Gasteiger charge is -2.16. The van der Waals surface area contributed by atoms with Crippen molar-refractivity contribution in [3.05, 3.63) is 48.0 Å². The lowest BCUT2D eigenvalue weighted by atomic mass is 10.2. The average Bonchev–Trinajstić information content (AvgIpc) is 2.99. The van der Waals surface area contributed by atoms with Crippen LogP contribution in [0.5, 0.6) is 0 Å². The van der Waals surface area contributed by atoms with Gasteiger partial charge in [0.2, 0.25) is 10.0 Å². The summed E-state index contributed by atoms with van der Waals surface area (Å²) in [7, 11) is -3.75. The number of nitrogens with zero attached hydrogens (tertiary/aromatic N) is 1. The van der Waals surface area contributed by atoms with Gasteiger partial charge < -0.3 is 10.7 Å². The van der Waals surface area contributed by atoms with Crippen molar-refractivity contribution in [3.63, 3.8) is 0 Å². The maximum Gasteiger partial charge on any atom is 0.241 e. The summed E-state index contributed by atoms with van der Waals surface area (Å²) in [4.78, 5) is 7.12. The number of hydrogen-bond acceptors (Lipinski definition) is 4. The molecule has 2 aromatic rings. The van der Waals surface area contributed by atoms with Crippen molar-refractivity contribution in [1.82, 2.24) is 14.7 Å². The van der Waals surface area contributed by atoms with Crippen LogP contribution in [0.25, 0.3) is 0 Å². The minimum Gasteiger partial charge on any atom is -0.389 e. The van der Waals surface area contributed by atoms with Gasteiger partial charge in [-0.3, -0.25) is 0 Å². The maximum absolute atomic E-state index is 12.6. The molecule has 1 unspecified atom stereocenters. The van der Waals surface area contributed by atoms with Gasteiger partial charge in [-0.2, -0.15) is 0 Å². The molecule has 0 fully saturated rings. The van der Waals surface area contributed by atoms with Crippen molar-refractivity contribution >= 4 is 27.2 Å². The Bertz CT molecular complexity index is 726. The first-order chi connectivity index (χ1) is 9.95. The Morgan fingerprint density at radius 2 is 2.19 bits per heavy atom. The summed E-state index contributed by atoms with van der Waals surface area (Å²) >= 11 is 4.91. The zero-order chi connectivity index (χ0) is 15.5. The van der Waals surface area contributed by atoms with Crippen molar-refractivity contribution in [2.24, 2.45) is 5.73 Å². The van der Waals surface area contributed by atoms with E-state index in [1.807, 2.05) is 6.92 Å². The summed E-state index contributed by atoms with van der Waals surface area (Å²) in [5.41, 5.74) is 5.92. The van der Waals surface area contributed by atoms with Crippen molar-refractivity contribution in [3.8, 4) is 0 Å². The number of aromatic nitrogens is 2. The molecule has 0 spiro atoms. The second-order valence-corrected chi connectivity index (χ2v) is 6.54. The third-order valence-corrected chi connectivity index (χ3v) is 4.75. The van der Waals surface area contributed by atoms with Crippen LogP contribution in [-0.4, -0.2) is 23.4 Å². The number of rotatable bonds is 6. The molecular formula is C13H16N4O2S2. The van der Waals surface area contributed by atoms with Crippen LogP contribution in [0.1, 0.15) is 30.8 Å². The molecule has 0 aliphatic carbocycles. The monoisotopic (exact) mass is 324 g/mol. The summed E-state index contributed by atoms with van der Waals surface area (Å²) in [6.45, 7) is 1.87. The van der Waals surface area contributed by atoms with Crippen molar-refractivity contribution in [1.29, 1.82) is 0 Å². The van der Waals surface area contributed by atoms with E-state index in [2.05, 4.69) is 14.7 Å². The molecule has 112 valence electrons. The molecule has 1 atom stereocenters. The third-order valence-electron chi connectivity index (χ3n) is 3.00. The van der Waals surface area contributed by atoms with Gasteiger partial charge in [0.1, 0.15) is 10.8 Å². The van der Waals surface area contributed by atoms with E-state index in [0.29, 0.717) is 17.8 Å². The van der Waals surface area contributed by atoms with Crippen LogP contribution in [-0.2, 0) is 10.0 Å². The van der Waals surface area contributed by atoms with Gasteiger partial charge in [-0.05, 0) is 12.5 Å². The van der Waals surface area contributed by atoms with E-state index in [1.165, 1.54) is 6.07 Å². The second-order valence-electron chi connectivity index (χ2n) is 4.42. The lowest BCUT2D eigenvalue weighted by Crippen LogP contribution is -2.30. The molecule has 0 aliphatic heterocycles. The zero-order valence-electron chi connectivity index (χ0n) is 11.4. The summed E-state index contributed by atoms with van der Waals surface area (Å²) < 4.78 is 27.7. The first kappa shape index (κ1) is 15.6. The second kappa shape index (κ2) is 6.33. The van der Waals surface area contributed by atoms with Crippen LogP contribution < -0.4 is 10.5 Å². The number of thiocarbonyl (C=S) groups is 1. The minimum absolute atomic E-state index is 0.0435. The molecule has 0 amide bonds. The molecule has 8 heteroatoms. The maximum atomic E-state index is 12.6. The number of hydrogen-bond donors (Lipinski definition) is 3. The van der Waals surface area contributed by atoms with Crippen LogP contribution in [0.15, 0.2) is 41.6 Å². The van der Waals surface area contributed by atoms with E-state index < -0.39 is 16.1 Å². The molecule has 4 N–H and O–H groups in total. The highest BCUT2D eigenvalue weighted by Gasteiger charge is 2.24. The van der Waals surface area contributed by atoms with Gasteiger partial charge >= 0.3 is 0 Å². The first-order valence-electron chi connectivity index (χ1n) is 6.36. The highest BCUT2D eigenvalue weighted by molar-refractivity contribution is 7.89. The number of aromatic amines is 1. The van der Waals surface area contributed by atoms with Crippen LogP contribution >= 0.6 is 12.2 Å². The number of sulfonamides is 1. The predicted molar refractivity (Wildman–Crippen MR) is 84.3 cm³/mol. The van der Waals surface area contributed by atoms with Crippen molar-refractivity contribution in [2.45, 2.75) is 24.3 Å². The molecule has 0 bridgehead atoms. The number of H-pyrrole nitrogens is 1. The molecule has 0 saturated heterocycles. The Balaban J connectivity index is 2.37. The zero-order valence-corrected chi connectivity index (χ0v) is 13.0. The first-order valence-corrected chi connectivity index (χ1v) is 8.25. The van der Waals surface area contributed by atoms with E-state index in [0.717, 1.165) is 0 Å². The molecule has 0 saturated carbocycles. The van der Waals surface area contributed by atoms with Gasteiger partial charge in [0.15, 0.2) is 0 Å². The van der Waals surface area contributed by atoms with Crippen molar-refractivity contribution < 1.29 is 8.42 Å². The lowest BCUT2D eigenvalue weighted by molar-refractivity contribution is 0.539. The largest absolute Gasteiger partial charge is 0.389 e. The molecule has 1 heterocycles. The predicted octanol–water partition coefficient (Wildman–Crippen LogP) is 1.47. The number of imidazole rings is 1. The third kappa shape index (κ3) is 3.46. The summed E-state index contributed by atoms with van der Waals surface area (Å²) in [6.07, 6.45) is 3.78. The number of nitrogens with two attached hydrogens (primary N) is 1. The SMILES string of the molecule is CCC(NS(=O)(=O)c1ccccc1C(N)=S)c1ncc[nH]1. The number of benzene rings is 1.